The number of aliphatic hydroxyl groups excluding tert-OH is 1. The quantitative estimate of drug-likeness (QED) is 0.509. The van der Waals surface area contributed by atoms with Gasteiger partial charge in [0.1, 0.15) is 0 Å². The minimum atomic E-state index is -0.482. The highest BCUT2D eigenvalue weighted by molar-refractivity contribution is 6.42. The zero-order chi connectivity index (χ0) is 21.1. The van der Waals surface area contributed by atoms with Gasteiger partial charge in [0.2, 0.25) is 5.95 Å². The van der Waals surface area contributed by atoms with E-state index in [0.29, 0.717) is 40.2 Å². The van der Waals surface area contributed by atoms with Crippen molar-refractivity contribution < 1.29 is 9.84 Å². The number of aryl methyl sites for hydroxylation is 2. The number of ether oxygens (including phenoxy) is 1. The smallest absolute Gasteiger partial charge is 0.332 e. The number of aromatic nitrogens is 4. The van der Waals surface area contributed by atoms with Crippen molar-refractivity contribution >= 4 is 40.3 Å². The number of halogens is 2. The Morgan fingerprint density at radius 2 is 1.90 bits per heavy atom. The Balaban J connectivity index is 1.98. The third-order valence-corrected chi connectivity index (χ3v) is 5.19. The van der Waals surface area contributed by atoms with Crippen LogP contribution in [0.25, 0.3) is 11.2 Å². The number of hydrogen-bond acceptors (Lipinski definition) is 6. The molecule has 3 rings (SSSR count). The predicted octanol–water partition coefficient (Wildman–Crippen LogP) is 1.21. The fourth-order valence-corrected chi connectivity index (χ4v) is 3.28. The Kier molecular flexibility index (Phi) is 6.63. The monoisotopic (exact) mass is 441 g/mol. The lowest BCUT2D eigenvalue weighted by atomic mass is 10.2. The standard InChI is InChI=1S/C18H21Cl2N5O4/c1-23-14-15(22-17(23)21-5-7-29-8-6-26)24(2)18(28)25(16(14)27)10-11-3-4-12(19)13(20)9-11/h3-4,9,26H,5-8,10H2,1-2H3,(H,21,22). The van der Waals surface area contributed by atoms with Gasteiger partial charge in [-0.3, -0.25) is 13.9 Å². The fourth-order valence-electron chi connectivity index (χ4n) is 2.96. The molecule has 0 bridgehead atoms. The van der Waals surface area contributed by atoms with Crippen LogP contribution < -0.4 is 16.6 Å². The Morgan fingerprint density at radius 3 is 2.59 bits per heavy atom. The molecule has 2 N–H and O–H groups in total. The van der Waals surface area contributed by atoms with Crippen molar-refractivity contribution in [2.75, 3.05) is 31.7 Å². The molecule has 0 spiro atoms. The van der Waals surface area contributed by atoms with Gasteiger partial charge in [-0.25, -0.2) is 4.79 Å². The minimum absolute atomic E-state index is 0.0488. The van der Waals surface area contributed by atoms with Gasteiger partial charge >= 0.3 is 5.69 Å². The molecule has 0 amide bonds. The molecular weight excluding hydrogens is 421 g/mol. The number of benzene rings is 1. The maximum atomic E-state index is 13.1. The Labute approximate surface area is 176 Å². The summed E-state index contributed by atoms with van der Waals surface area (Å²) in [6.07, 6.45) is 0. The van der Waals surface area contributed by atoms with Crippen molar-refractivity contribution in [1.82, 2.24) is 18.7 Å². The van der Waals surface area contributed by atoms with Crippen LogP contribution in [0.5, 0.6) is 0 Å². The molecule has 0 radical (unpaired) electrons. The Bertz CT molecular complexity index is 1150. The molecule has 1 aromatic carbocycles. The molecule has 11 heteroatoms. The number of hydrogen-bond donors (Lipinski definition) is 2. The van der Waals surface area contributed by atoms with Gasteiger partial charge in [-0.1, -0.05) is 29.3 Å². The van der Waals surface area contributed by atoms with E-state index < -0.39 is 11.2 Å². The van der Waals surface area contributed by atoms with Crippen LogP contribution in [0.3, 0.4) is 0 Å². The summed E-state index contributed by atoms with van der Waals surface area (Å²) in [6.45, 7) is 1.05. The van der Waals surface area contributed by atoms with Crippen LogP contribution in [0, 0.1) is 0 Å². The zero-order valence-corrected chi connectivity index (χ0v) is 17.5. The lowest BCUT2D eigenvalue weighted by molar-refractivity contribution is 0.0991. The topological polar surface area (TPSA) is 103 Å². The van der Waals surface area contributed by atoms with E-state index >= 15 is 0 Å². The van der Waals surface area contributed by atoms with Crippen molar-refractivity contribution in [2.45, 2.75) is 6.54 Å². The molecule has 0 aliphatic carbocycles. The van der Waals surface area contributed by atoms with Gasteiger partial charge in [0.15, 0.2) is 11.2 Å². The number of aliphatic hydroxyl groups is 1. The molecule has 3 aromatic rings. The maximum absolute atomic E-state index is 13.1. The molecule has 2 heterocycles. The molecule has 0 saturated heterocycles. The summed E-state index contributed by atoms with van der Waals surface area (Å²) in [5, 5.41) is 12.5. The summed E-state index contributed by atoms with van der Waals surface area (Å²) in [6, 6.07) is 4.97. The first kappa shape index (κ1) is 21.4. The van der Waals surface area contributed by atoms with Gasteiger partial charge in [0, 0.05) is 20.6 Å². The highest BCUT2D eigenvalue weighted by Gasteiger charge is 2.18. The van der Waals surface area contributed by atoms with E-state index in [1.54, 1.807) is 36.9 Å². The van der Waals surface area contributed by atoms with Gasteiger partial charge in [0.25, 0.3) is 5.56 Å². The third kappa shape index (κ3) is 4.32. The Morgan fingerprint density at radius 1 is 1.14 bits per heavy atom. The highest BCUT2D eigenvalue weighted by atomic mass is 35.5. The summed E-state index contributed by atoms with van der Waals surface area (Å²) in [7, 11) is 3.26. The van der Waals surface area contributed by atoms with E-state index in [9.17, 15) is 9.59 Å². The van der Waals surface area contributed by atoms with Crippen LogP contribution in [0.1, 0.15) is 5.56 Å². The minimum Gasteiger partial charge on any atom is -0.394 e. The second-order valence-electron chi connectivity index (χ2n) is 6.41. The summed E-state index contributed by atoms with van der Waals surface area (Å²) >= 11 is 12.0. The van der Waals surface area contributed by atoms with Crippen molar-refractivity contribution in [3.63, 3.8) is 0 Å². The van der Waals surface area contributed by atoms with Crippen LogP contribution in [0.4, 0.5) is 5.95 Å². The normalized spacial score (nSPS) is 11.3. The van der Waals surface area contributed by atoms with E-state index in [2.05, 4.69) is 10.3 Å². The van der Waals surface area contributed by atoms with Crippen LogP contribution in [0.2, 0.25) is 10.0 Å². The van der Waals surface area contributed by atoms with Crippen molar-refractivity contribution in [2.24, 2.45) is 14.1 Å². The van der Waals surface area contributed by atoms with E-state index in [1.165, 1.54) is 4.57 Å². The van der Waals surface area contributed by atoms with Crippen LogP contribution >= 0.6 is 23.2 Å². The van der Waals surface area contributed by atoms with Gasteiger partial charge in [-0.05, 0) is 17.7 Å². The summed E-state index contributed by atoms with van der Waals surface area (Å²) in [5.74, 6) is 0.437. The van der Waals surface area contributed by atoms with E-state index in [4.69, 9.17) is 33.0 Å². The summed E-state index contributed by atoms with van der Waals surface area (Å²) in [5.41, 5.74) is 0.329. The average Bonchev–Trinajstić information content (AvgIpc) is 3.03. The van der Waals surface area contributed by atoms with Gasteiger partial charge in [0.05, 0.1) is 36.4 Å². The molecule has 0 atom stereocenters. The first-order valence-corrected chi connectivity index (χ1v) is 9.63. The van der Waals surface area contributed by atoms with E-state index in [-0.39, 0.29) is 25.4 Å². The van der Waals surface area contributed by atoms with Crippen LogP contribution in [-0.4, -0.2) is 50.2 Å². The first-order valence-electron chi connectivity index (χ1n) is 8.87. The number of nitrogens with one attached hydrogen (secondary N) is 1. The molecular formula is C18H21Cl2N5O4. The lowest BCUT2D eigenvalue weighted by Gasteiger charge is -2.09. The number of anilines is 1. The van der Waals surface area contributed by atoms with Gasteiger partial charge in [-0.2, -0.15) is 4.98 Å². The molecule has 29 heavy (non-hydrogen) atoms. The molecule has 0 fully saturated rings. The lowest BCUT2D eigenvalue weighted by Crippen LogP contribution is -2.39. The molecule has 9 nitrogen and oxygen atoms in total. The highest BCUT2D eigenvalue weighted by Crippen LogP contribution is 2.22. The maximum Gasteiger partial charge on any atom is 0.332 e. The number of rotatable bonds is 8. The van der Waals surface area contributed by atoms with E-state index in [0.717, 1.165) is 4.57 Å². The number of nitrogens with zero attached hydrogens (tertiary/aromatic N) is 4. The van der Waals surface area contributed by atoms with Gasteiger partial charge in [-0.15, -0.1) is 0 Å². The van der Waals surface area contributed by atoms with Gasteiger partial charge < -0.3 is 19.7 Å². The van der Waals surface area contributed by atoms with Crippen molar-refractivity contribution in [1.29, 1.82) is 0 Å². The van der Waals surface area contributed by atoms with Crippen molar-refractivity contribution in [3.05, 3.63) is 54.6 Å². The molecule has 0 saturated carbocycles. The largest absolute Gasteiger partial charge is 0.394 e. The molecule has 0 aliphatic heterocycles. The van der Waals surface area contributed by atoms with Crippen LogP contribution in [-0.2, 0) is 25.4 Å². The second kappa shape index (κ2) is 9.00. The zero-order valence-electron chi connectivity index (χ0n) is 16.0. The molecule has 0 unspecified atom stereocenters. The SMILES string of the molecule is Cn1c(NCCOCCO)nc2c1c(=O)n(Cc1ccc(Cl)c(Cl)c1)c(=O)n2C. The molecule has 2 aromatic heterocycles. The first-order chi connectivity index (χ1) is 13.8. The van der Waals surface area contributed by atoms with Crippen LogP contribution in [0.15, 0.2) is 27.8 Å². The predicted molar refractivity (Wildman–Crippen MR) is 112 cm³/mol. The molecule has 0 aliphatic rings. The fraction of sp³-hybridized carbons (Fsp3) is 0.389. The number of fused-ring (bicyclic) bond motifs is 1. The third-order valence-electron chi connectivity index (χ3n) is 4.45. The molecule has 156 valence electrons. The Hall–Kier alpha value is -2.33. The second-order valence-corrected chi connectivity index (χ2v) is 7.23. The summed E-state index contributed by atoms with van der Waals surface area (Å²) in [4.78, 5) is 30.2. The van der Waals surface area contributed by atoms with E-state index in [1.807, 2.05) is 0 Å². The summed E-state index contributed by atoms with van der Waals surface area (Å²) < 4.78 is 9.28. The average molecular weight is 442 g/mol. The number of imidazole rings is 1. The van der Waals surface area contributed by atoms with Crippen molar-refractivity contribution in [3.8, 4) is 0 Å².